The van der Waals surface area contributed by atoms with Crippen LogP contribution in [-0.2, 0) is 9.47 Å². The fourth-order valence-electron chi connectivity index (χ4n) is 0.167. The summed E-state index contributed by atoms with van der Waals surface area (Å²) >= 11 is 0. The van der Waals surface area contributed by atoms with E-state index in [1.165, 1.54) is 0 Å². The Balaban J connectivity index is 0. The maximum atomic E-state index is 4.66. The van der Waals surface area contributed by atoms with Gasteiger partial charge in [0.1, 0.15) is 0 Å². The van der Waals surface area contributed by atoms with Crippen LogP contribution in [0.3, 0.4) is 0 Å². The molecule has 0 heterocycles. The first-order valence-corrected chi connectivity index (χ1v) is 1.89. The molecule has 0 spiro atoms. The third-order valence-electron chi connectivity index (χ3n) is 0.492. The van der Waals surface area contributed by atoms with Crippen molar-refractivity contribution < 1.29 is 9.47 Å². The van der Waals surface area contributed by atoms with Crippen LogP contribution >= 0.6 is 0 Å². The molecule has 0 aliphatic heterocycles. The van der Waals surface area contributed by atoms with Gasteiger partial charge in [0.25, 0.3) is 0 Å². The Kier molecular flexibility index (Phi) is 13.5. The van der Waals surface area contributed by atoms with E-state index >= 15 is 0 Å². The number of rotatable bonds is 3. The largest absolute Gasteiger partial charge is 0.382 e. The van der Waals surface area contributed by atoms with Gasteiger partial charge in [0.15, 0.2) is 0 Å². The fourth-order valence-corrected chi connectivity index (χ4v) is 0.167. The zero-order valence-corrected chi connectivity index (χ0v) is 4.23. The van der Waals surface area contributed by atoms with Crippen LogP contribution in [-0.4, -0.2) is 35.8 Å². The van der Waals surface area contributed by atoms with Gasteiger partial charge < -0.3 is 9.47 Å². The lowest BCUT2D eigenvalue weighted by Crippen LogP contribution is -1.96. The average Bonchev–Trinajstić information content (AvgIpc) is 1.61. The maximum absolute atomic E-state index is 4.66. The highest BCUT2D eigenvalue weighted by Gasteiger charge is 1.73. The molecule has 0 radical (unpaired) electrons. The summed E-state index contributed by atoms with van der Waals surface area (Å²) in [5.74, 6) is 0. The van der Waals surface area contributed by atoms with E-state index in [2.05, 4.69) is 9.47 Å². The van der Waals surface area contributed by atoms with Crippen LogP contribution in [0.4, 0.5) is 0 Å². The molecule has 0 aliphatic carbocycles. The second kappa shape index (κ2) is 9.37. The highest BCUT2D eigenvalue weighted by atomic mass is 16.5. The van der Waals surface area contributed by atoms with Crippen LogP contribution in [0, 0.1) is 0 Å². The molecule has 0 amide bonds. The van der Waals surface area contributed by atoms with Crippen molar-refractivity contribution in [1.82, 2.24) is 0 Å². The van der Waals surface area contributed by atoms with Crippen LogP contribution in [0.25, 0.3) is 0 Å². The minimum atomic E-state index is 0. The lowest BCUT2D eigenvalue weighted by Gasteiger charge is -1.91. The molecule has 0 N–H and O–H groups in total. The molecular formula is C4H13BO2. The molecule has 0 atom stereocenters. The van der Waals surface area contributed by atoms with Crippen LogP contribution in [0.1, 0.15) is 0 Å². The third kappa shape index (κ3) is 10.7. The summed E-state index contributed by atoms with van der Waals surface area (Å²) < 4.78 is 9.31. The van der Waals surface area contributed by atoms with E-state index in [0.717, 1.165) is 0 Å². The van der Waals surface area contributed by atoms with Crippen LogP contribution < -0.4 is 0 Å². The van der Waals surface area contributed by atoms with Gasteiger partial charge in [-0.25, -0.2) is 0 Å². The minimum absolute atomic E-state index is 0. The predicted octanol–water partition coefficient (Wildman–Crippen LogP) is -0.905. The first-order chi connectivity index (χ1) is 2.91. The zero-order chi connectivity index (χ0) is 4.83. The first kappa shape index (κ1) is 10.1. The van der Waals surface area contributed by atoms with E-state index in [1.807, 2.05) is 0 Å². The van der Waals surface area contributed by atoms with Gasteiger partial charge >= 0.3 is 0 Å². The molecule has 0 unspecified atom stereocenters. The van der Waals surface area contributed by atoms with Crippen molar-refractivity contribution in [1.29, 1.82) is 0 Å². The molecule has 0 bridgehead atoms. The van der Waals surface area contributed by atoms with Crippen molar-refractivity contribution in [2.45, 2.75) is 0 Å². The molecule has 0 aromatic carbocycles. The smallest absolute Gasteiger partial charge is 0.0814 e. The molecule has 0 saturated heterocycles. The van der Waals surface area contributed by atoms with Crippen LogP contribution in [0.2, 0.25) is 0 Å². The van der Waals surface area contributed by atoms with Gasteiger partial charge in [0.05, 0.1) is 21.6 Å². The fraction of sp³-hybridized carbons (Fsp3) is 1.00. The van der Waals surface area contributed by atoms with E-state index in [0.29, 0.717) is 13.2 Å². The molecule has 0 rings (SSSR count). The molecule has 0 aromatic heterocycles. The number of ether oxygens (including phenoxy) is 2. The van der Waals surface area contributed by atoms with E-state index in [-0.39, 0.29) is 8.41 Å². The standard InChI is InChI=1S/C4H10O2.BH3/c1-5-3-4-6-2;/h3-4H2,1-2H3;1H3. The summed E-state index contributed by atoms with van der Waals surface area (Å²) in [5, 5.41) is 0. The van der Waals surface area contributed by atoms with Crippen molar-refractivity contribution in [2.75, 3.05) is 27.4 Å². The molecular weight excluding hydrogens is 90.9 g/mol. The minimum Gasteiger partial charge on any atom is -0.382 e. The summed E-state index contributed by atoms with van der Waals surface area (Å²) in [4.78, 5) is 0. The van der Waals surface area contributed by atoms with E-state index in [1.54, 1.807) is 14.2 Å². The Bertz CT molecular complexity index is 21.7. The SMILES string of the molecule is B.COCCOC. The number of methoxy groups -OCH3 is 2. The highest BCUT2D eigenvalue weighted by molar-refractivity contribution is 5.75. The zero-order valence-electron chi connectivity index (χ0n) is 4.23. The highest BCUT2D eigenvalue weighted by Crippen LogP contribution is 1.65. The summed E-state index contributed by atoms with van der Waals surface area (Å²) in [6.45, 7) is 1.38. The monoisotopic (exact) mass is 104 g/mol. The summed E-state index contributed by atoms with van der Waals surface area (Å²) in [7, 11) is 3.30. The quantitative estimate of drug-likeness (QED) is 0.341. The molecule has 3 heteroatoms. The van der Waals surface area contributed by atoms with Crippen molar-refractivity contribution in [3.8, 4) is 0 Å². The number of hydrogen-bond acceptors (Lipinski definition) is 2. The Hall–Kier alpha value is -0.0151. The molecule has 44 valence electrons. The maximum Gasteiger partial charge on any atom is 0.0814 e. The van der Waals surface area contributed by atoms with Crippen molar-refractivity contribution in [3.63, 3.8) is 0 Å². The van der Waals surface area contributed by atoms with E-state index in [9.17, 15) is 0 Å². The van der Waals surface area contributed by atoms with Gasteiger partial charge in [-0.05, 0) is 0 Å². The van der Waals surface area contributed by atoms with Gasteiger partial charge in [-0.2, -0.15) is 0 Å². The van der Waals surface area contributed by atoms with Gasteiger partial charge in [-0.15, -0.1) is 0 Å². The summed E-state index contributed by atoms with van der Waals surface area (Å²) in [6.07, 6.45) is 0. The van der Waals surface area contributed by atoms with E-state index in [4.69, 9.17) is 0 Å². The second-order valence-electron chi connectivity index (χ2n) is 0.986. The van der Waals surface area contributed by atoms with Crippen LogP contribution in [0.15, 0.2) is 0 Å². The molecule has 0 aliphatic rings. The van der Waals surface area contributed by atoms with Crippen LogP contribution in [0.5, 0.6) is 0 Å². The molecule has 0 fully saturated rings. The Morgan fingerprint density at radius 2 is 1.29 bits per heavy atom. The van der Waals surface area contributed by atoms with Crippen molar-refractivity contribution >= 4 is 8.41 Å². The van der Waals surface area contributed by atoms with Gasteiger partial charge in [-0.1, -0.05) is 0 Å². The van der Waals surface area contributed by atoms with Crippen molar-refractivity contribution in [3.05, 3.63) is 0 Å². The predicted molar refractivity (Wildman–Crippen MR) is 33.7 cm³/mol. The van der Waals surface area contributed by atoms with E-state index < -0.39 is 0 Å². The first-order valence-electron chi connectivity index (χ1n) is 1.89. The Morgan fingerprint density at radius 3 is 1.43 bits per heavy atom. The normalized spacial score (nSPS) is 7.71. The Labute approximate surface area is 46.4 Å². The van der Waals surface area contributed by atoms with Crippen molar-refractivity contribution in [2.24, 2.45) is 0 Å². The lowest BCUT2D eigenvalue weighted by atomic mass is 10.8. The van der Waals surface area contributed by atoms with Gasteiger partial charge in [0, 0.05) is 14.2 Å². The number of hydrogen-bond donors (Lipinski definition) is 0. The second-order valence-corrected chi connectivity index (χ2v) is 0.986. The topological polar surface area (TPSA) is 18.5 Å². The Morgan fingerprint density at radius 1 is 1.00 bits per heavy atom. The summed E-state index contributed by atoms with van der Waals surface area (Å²) in [6, 6.07) is 0. The molecule has 0 aromatic rings. The summed E-state index contributed by atoms with van der Waals surface area (Å²) in [5.41, 5.74) is 0. The third-order valence-corrected chi connectivity index (χ3v) is 0.492. The average molecular weight is 104 g/mol. The molecule has 0 saturated carbocycles. The molecule has 2 nitrogen and oxygen atoms in total. The lowest BCUT2D eigenvalue weighted by molar-refractivity contribution is 0.103. The van der Waals surface area contributed by atoms with Gasteiger partial charge in [-0.3, -0.25) is 0 Å². The molecule has 7 heavy (non-hydrogen) atoms. The van der Waals surface area contributed by atoms with Gasteiger partial charge in [0.2, 0.25) is 0 Å².